The molecule has 2 aromatic rings. The SMILES string of the molecule is Cc1ccc2c(CC(=O)NNC(=O)CCN3C(=O)NC(C)(C)C3=O)coc2c1C. The lowest BCUT2D eigenvalue weighted by Crippen LogP contribution is -2.44. The van der Waals surface area contributed by atoms with Gasteiger partial charge in [-0.25, -0.2) is 4.79 Å². The molecule has 1 fully saturated rings. The van der Waals surface area contributed by atoms with E-state index in [1.807, 2.05) is 26.0 Å². The van der Waals surface area contributed by atoms with Crippen LogP contribution in [0.3, 0.4) is 0 Å². The molecule has 0 bridgehead atoms. The molecule has 3 N–H and O–H groups in total. The van der Waals surface area contributed by atoms with Crippen LogP contribution in [-0.2, 0) is 20.8 Å². The summed E-state index contributed by atoms with van der Waals surface area (Å²) in [5.41, 5.74) is 7.24. The Morgan fingerprint density at radius 2 is 1.83 bits per heavy atom. The zero-order chi connectivity index (χ0) is 21.3. The minimum atomic E-state index is -0.980. The van der Waals surface area contributed by atoms with Crippen molar-refractivity contribution in [2.24, 2.45) is 0 Å². The molecular formula is C20H24N4O5. The number of nitrogens with one attached hydrogen (secondary N) is 3. The van der Waals surface area contributed by atoms with E-state index in [0.717, 1.165) is 32.6 Å². The van der Waals surface area contributed by atoms with E-state index in [1.165, 1.54) is 6.26 Å². The van der Waals surface area contributed by atoms with Crippen LogP contribution < -0.4 is 16.2 Å². The van der Waals surface area contributed by atoms with Gasteiger partial charge in [0.1, 0.15) is 11.1 Å². The molecule has 1 saturated heterocycles. The number of hydrazine groups is 1. The highest BCUT2D eigenvalue weighted by atomic mass is 16.3. The maximum Gasteiger partial charge on any atom is 0.325 e. The number of nitrogens with zero attached hydrogens (tertiary/aromatic N) is 1. The summed E-state index contributed by atoms with van der Waals surface area (Å²) >= 11 is 0. The predicted octanol–water partition coefficient (Wildman–Crippen LogP) is 1.46. The van der Waals surface area contributed by atoms with Crippen molar-refractivity contribution in [3.05, 3.63) is 35.1 Å². The number of imide groups is 1. The smallest absolute Gasteiger partial charge is 0.325 e. The molecule has 9 heteroatoms. The molecule has 29 heavy (non-hydrogen) atoms. The lowest BCUT2D eigenvalue weighted by atomic mass is 10.0. The molecule has 0 aliphatic carbocycles. The molecule has 0 saturated carbocycles. The molecule has 2 heterocycles. The topological polar surface area (TPSA) is 121 Å². The van der Waals surface area contributed by atoms with Crippen LogP contribution in [0.15, 0.2) is 22.8 Å². The predicted molar refractivity (Wildman–Crippen MR) is 105 cm³/mol. The molecule has 9 nitrogen and oxygen atoms in total. The first-order valence-corrected chi connectivity index (χ1v) is 9.28. The van der Waals surface area contributed by atoms with E-state index in [-0.39, 0.29) is 19.4 Å². The van der Waals surface area contributed by atoms with Gasteiger partial charge in [0.05, 0.1) is 12.7 Å². The number of benzene rings is 1. The standard InChI is InChI=1S/C20H24N4O5/c1-11-5-6-14-13(10-29-17(14)12(11)2)9-16(26)23-22-15(25)7-8-24-18(27)20(3,4)21-19(24)28/h5-6,10H,7-9H2,1-4H3,(H,21,28)(H,22,25)(H,23,26). The molecule has 3 rings (SSSR count). The van der Waals surface area contributed by atoms with Crippen molar-refractivity contribution in [2.45, 2.75) is 46.1 Å². The number of hydrogen-bond acceptors (Lipinski definition) is 5. The van der Waals surface area contributed by atoms with Crippen molar-refractivity contribution in [1.29, 1.82) is 0 Å². The van der Waals surface area contributed by atoms with Gasteiger partial charge in [-0.05, 0) is 38.8 Å². The van der Waals surface area contributed by atoms with Gasteiger partial charge in [0.2, 0.25) is 11.8 Å². The Kier molecular flexibility index (Phi) is 5.32. The maximum atomic E-state index is 12.2. The van der Waals surface area contributed by atoms with Crippen molar-refractivity contribution < 1.29 is 23.6 Å². The Labute approximate surface area is 167 Å². The number of carbonyl (C=O) groups excluding carboxylic acids is 4. The highest BCUT2D eigenvalue weighted by molar-refractivity contribution is 6.06. The molecule has 1 aromatic carbocycles. The van der Waals surface area contributed by atoms with Crippen molar-refractivity contribution >= 4 is 34.7 Å². The number of urea groups is 1. The van der Waals surface area contributed by atoms with Crippen LogP contribution in [0.25, 0.3) is 11.0 Å². The van der Waals surface area contributed by atoms with Gasteiger partial charge in [-0.1, -0.05) is 12.1 Å². The highest BCUT2D eigenvalue weighted by Crippen LogP contribution is 2.26. The van der Waals surface area contributed by atoms with Gasteiger partial charge in [0.15, 0.2) is 0 Å². The summed E-state index contributed by atoms with van der Waals surface area (Å²) in [5, 5.41) is 3.40. The number of amides is 5. The average molecular weight is 400 g/mol. The van der Waals surface area contributed by atoms with Crippen LogP contribution >= 0.6 is 0 Å². The summed E-state index contributed by atoms with van der Waals surface area (Å²) in [6, 6.07) is 3.34. The fourth-order valence-corrected chi connectivity index (χ4v) is 3.18. The third kappa shape index (κ3) is 4.08. The van der Waals surface area contributed by atoms with E-state index >= 15 is 0 Å². The van der Waals surface area contributed by atoms with Crippen LogP contribution in [0.5, 0.6) is 0 Å². The Bertz CT molecular complexity index is 1010. The fourth-order valence-electron chi connectivity index (χ4n) is 3.18. The van der Waals surface area contributed by atoms with Crippen LogP contribution in [0.2, 0.25) is 0 Å². The summed E-state index contributed by atoms with van der Waals surface area (Å²) in [6.45, 7) is 7.06. The van der Waals surface area contributed by atoms with E-state index in [2.05, 4.69) is 16.2 Å². The van der Waals surface area contributed by atoms with Gasteiger partial charge < -0.3 is 9.73 Å². The van der Waals surface area contributed by atoms with E-state index in [0.29, 0.717) is 0 Å². The molecule has 154 valence electrons. The minimum Gasteiger partial charge on any atom is -0.464 e. The molecule has 0 radical (unpaired) electrons. The Balaban J connectivity index is 1.50. The van der Waals surface area contributed by atoms with Crippen molar-refractivity contribution in [1.82, 2.24) is 21.1 Å². The molecule has 0 spiro atoms. The van der Waals surface area contributed by atoms with Crippen LogP contribution in [0, 0.1) is 13.8 Å². The molecule has 5 amide bonds. The maximum absolute atomic E-state index is 12.2. The zero-order valence-corrected chi connectivity index (χ0v) is 16.8. The molecule has 1 aromatic heterocycles. The first-order chi connectivity index (χ1) is 13.6. The number of aryl methyl sites for hydroxylation is 2. The van der Waals surface area contributed by atoms with Gasteiger partial charge in [0, 0.05) is 23.9 Å². The third-order valence-electron chi connectivity index (χ3n) is 5.04. The first kappa shape index (κ1) is 20.4. The third-order valence-corrected chi connectivity index (χ3v) is 5.04. The second-order valence-electron chi connectivity index (χ2n) is 7.68. The summed E-state index contributed by atoms with van der Waals surface area (Å²) in [4.78, 5) is 49.0. The summed E-state index contributed by atoms with van der Waals surface area (Å²) < 4.78 is 5.58. The van der Waals surface area contributed by atoms with Gasteiger partial charge in [-0.3, -0.25) is 30.1 Å². The fraction of sp³-hybridized carbons (Fsp3) is 0.400. The molecule has 0 unspecified atom stereocenters. The minimum absolute atomic E-state index is 0.0387. The number of fused-ring (bicyclic) bond motifs is 1. The molecule has 0 atom stereocenters. The Morgan fingerprint density at radius 1 is 1.14 bits per heavy atom. The van der Waals surface area contributed by atoms with Crippen molar-refractivity contribution in [3.63, 3.8) is 0 Å². The van der Waals surface area contributed by atoms with Crippen molar-refractivity contribution in [3.8, 4) is 0 Å². The highest BCUT2D eigenvalue weighted by Gasteiger charge is 2.43. The second-order valence-corrected chi connectivity index (χ2v) is 7.68. The molecule has 1 aliphatic heterocycles. The quantitative estimate of drug-likeness (QED) is 0.518. The van der Waals surface area contributed by atoms with E-state index < -0.39 is 29.3 Å². The van der Waals surface area contributed by atoms with Crippen LogP contribution in [-0.4, -0.2) is 40.7 Å². The second kappa shape index (κ2) is 7.57. The Hall–Kier alpha value is -3.36. The number of furan rings is 1. The summed E-state index contributed by atoms with van der Waals surface area (Å²) in [5.74, 6) is -1.31. The van der Waals surface area contributed by atoms with E-state index in [9.17, 15) is 19.2 Å². The summed E-state index contributed by atoms with van der Waals surface area (Å²) in [6.07, 6.45) is 1.46. The lowest BCUT2D eigenvalue weighted by Gasteiger charge is -2.15. The number of carbonyl (C=O) groups is 4. The largest absolute Gasteiger partial charge is 0.464 e. The van der Waals surface area contributed by atoms with Gasteiger partial charge in [-0.15, -0.1) is 0 Å². The van der Waals surface area contributed by atoms with Gasteiger partial charge >= 0.3 is 6.03 Å². The lowest BCUT2D eigenvalue weighted by molar-refractivity contribution is -0.131. The van der Waals surface area contributed by atoms with E-state index in [1.54, 1.807) is 13.8 Å². The number of hydrogen-bond donors (Lipinski definition) is 3. The average Bonchev–Trinajstić information content (AvgIpc) is 3.13. The van der Waals surface area contributed by atoms with Gasteiger partial charge in [-0.2, -0.15) is 0 Å². The van der Waals surface area contributed by atoms with Crippen LogP contribution in [0.4, 0.5) is 4.79 Å². The number of rotatable bonds is 5. The first-order valence-electron chi connectivity index (χ1n) is 9.28. The molecule has 1 aliphatic rings. The molecular weight excluding hydrogens is 376 g/mol. The normalized spacial score (nSPS) is 15.5. The van der Waals surface area contributed by atoms with Crippen molar-refractivity contribution in [2.75, 3.05) is 6.54 Å². The summed E-state index contributed by atoms with van der Waals surface area (Å²) in [7, 11) is 0. The van der Waals surface area contributed by atoms with Gasteiger partial charge in [0.25, 0.3) is 5.91 Å². The van der Waals surface area contributed by atoms with E-state index in [4.69, 9.17) is 4.42 Å². The Morgan fingerprint density at radius 3 is 2.48 bits per heavy atom. The zero-order valence-electron chi connectivity index (χ0n) is 16.8. The monoisotopic (exact) mass is 400 g/mol. The van der Waals surface area contributed by atoms with Crippen LogP contribution in [0.1, 0.15) is 37.0 Å².